The van der Waals surface area contributed by atoms with Crippen molar-refractivity contribution in [3.05, 3.63) is 39.9 Å². The van der Waals surface area contributed by atoms with Crippen LogP contribution >= 0.6 is 23.2 Å². The largest absolute Gasteiger partial charge is 0.274 e. The highest BCUT2D eigenvalue weighted by molar-refractivity contribution is 6.35. The number of amides is 2. The van der Waals surface area contributed by atoms with E-state index < -0.39 is 0 Å². The molecule has 0 N–H and O–H groups in total. The predicted molar refractivity (Wildman–Crippen MR) is 78.9 cm³/mol. The molecule has 0 saturated carbocycles. The van der Waals surface area contributed by atoms with Crippen molar-refractivity contribution in [2.45, 2.75) is 19.8 Å². The molecule has 1 aliphatic carbocycles. The molecule has 1 fully saturated rings. The van der Waals surface area contributed by atoms with E-state index in [1.807, 2.05) is 13.0 Å². The van der Waals surface area contributed by atoms with E-state index in [4.69, 9.17) is 23.2 Å². The van der Waals surface area contributed by atoms with Crippen LogP contribution in [-0.2, 0) is 9.59 Å². The van der Waals surface area contributed by atoms with Gasteiger partial charge in [-0.15, -0.1) is 0 Å². The highest BCUT2D eigenvalue weighted by Crippen LogP contribution is 2.40. The highest BCUT2D eigenvalue weighted by atomic mass is 35.5. The molecule has 1 heterocycles. The summed E-state index contributed by atoms with van der Waals surface area (Å²) in [5.41, 5.74) is 1.63. The van der Waals surface area contributed by atoms with Crippen molar-refractivity contribution in [1.82, 2.24) is 0 Å². The smallest absolute Gasteiger partial charge is 0.238 e. The number of imide groups is 1. The van der Waals surface area contributed by atoms with Crippen molar-refractivity contribution in [2.24, 2.45) is 11.8 Å². The first-order chi connectivity index (χ1) is 9.47. The van der Waals surface area contributed by atoms with Crippen molar-refractivity contribution < 1.29 is 9.59 Å². The molecule has 5 heteroatoms. The molecule has 0 radical (unpaired) electrons. The maximum Gasteiger partial charge on any atom is 0.238 e. The average Bonchev–Trinajstić information content (AvgIpc) is 2.60. The van der Waals surface area contributed by atoms with Gasteiger partial charge in [0.05, 0.1) is 17.5 Å². The molecule has 1 saturated heterocycles. The fourth-order valence-electron chi connectivity index (χ4n) is 2.96. The number of benzene rings is 1. The van der Waals surface area contributed by atoms with Gasteiger partial charge in [0.1, 0.15) is 0 Å². The van der Waals surface area contributed by atoms with Gasteiger partial charge in [0.25, 0.3) is 0 Å². The van der Waals surface area contributed by atoms with Crippen LogP contribution in [0, 0.1) is 11.8 Å². The Kier molecular flexibility index (Phi) is 3.35. The van der Waals surface area contributed by atoms with Crippen LogP contribution in [0.2, 0.25) is 10.0 Å². The number of nitrogens with zero attached hydrogens (tertiary/aromatic N) is 1. The van der Waals surface area contributed by atoms with Crippen LogP contribution in [0.15, 0.2) is 29.8 Å². The normalized spacial score (nSPS) is 25.8. The molecule has 20 heavy (non-hydrogen) atoms. The molecule has 0 spiro atoms. The second kappa shape index (κ2) is 4.90. The van der Waals surface area contributed by atoms with Crippen LogP contribution in [0.5, 0.6) is 0 Å². The first kappa shape index (κ1) is 13.7. The van der Waals surface area contributed by atoms with E-state index in [0.717, 1.165) is 0 Å². The van der Waals surface area contributed by atoms with Crippen LogP contribution in [0.1, 0.15) is 19.8 Å². The Bertz CT molecular complexity index is 619. The highest BCUT2D eigenvalue weighted by Gasteiger charge is 2.48. The molecule has 2 aliphatic rings. The number of fused-ring (bicyclic) bond motifs is 1. The fraction of sp³-hybridized carbons (Fsp3) is 0.333. The third-order valence-electron chi connectivity index (χ3n) is 3.93. The summed E-state index contributed by atoms with van der Waals surface area (Å²) in [7, 11) is 0. The van der Waals surface area contributed by atoms with E-state index in [9.17, 15) is 9.59 Å². The number of carbonyl (C=O) groups excluding carboxylic acids is 2. The molecule has 2 atom stereocenters. The third-order valence-corrected chi connectivity index (χ3v) is 4.36. The minimum Gasteiger partial charge on any atom is -0.274 e. The van der Waals surface area contributed by atoms with Crippen molar-refractivity contribution in [3.8, 4) is 0 Å². The fourth-order valence-corrected chi connectivity index (χ4v) is 3.47. The van der Waals surface area contributed by atoms with Gasteiger partial charge in [0.2, 0.25) is 11.8 Å². The number of rotatable bonds is 1. The van der Waals surface area contributed by atoms with E-state index >= 15 is 0 Å². The molecule has 1 aliphatic heterocycles. The average molecular weight is 310 g/mol. The van der Waals surface area contributed by atoms with Crippen LogP contribution in [0.4, 0.5) is 5.69 Å². The maximum absolute atomic E-state index is 12.5. The lowest BCUT2D eigenvalue weighted by Crippen LogP contribution is -2.30. The lowest BCUT2D eigenvalue weighted by atomic mass is 9.82. The van der Waals surface area contributed by atoms with Crippen molar-refractivity contribution >= 4 is 40.7 Å². The van der Waals surface area contributed by atoms with Crippen molar-refractivity contribution in [1.29, 1.82) is 0 Å². The van der Waals surface area contributed by atoms with Gasteiger partial charge in [0.15, 0.2) is 0 Å². The molecular formula is C15H13Cl2NO2. The first-order valence-corrected chi connectivity index (χ1v) is 7.22. The minimum absolute atomic E-state index is 0.147. The molecule has 0 bridgehead atoms. The van der Waals surface area contributed by atoms with E-state index in [0.29, 0.717) is 28.6 Å². The van der Waals surface area contributed by atoms with E-state index in [-0.39, 0.29) is 23.7 Å². The molecule has 0 aromatic heterocycles. The quantitative estimate of drug-likeness (QED) is 0.584. The predicted octanol–water partition coefficient (Wildman–Crippen LogP) is 3.84. The molecule has 3 rings (SSSR count). The molecule has 0 unspecified atom stereocenters. The molecule has 104 valence electrons. The molecular weight excluding hydrogens is 297 g/mol. The molecule has 1 aromatic carbocycles. The van der Waals surface area contributed by atoms with Crippen LogP contribution < -0.4 is 4.90 Å². The summed E-state index contributed by atoms with van der Waals surface area (Å²) in [6, 6.07) is 4.78. The van der Waals surface area contributed by atoms with Gasteiger partial charge in [-0.3, -0.25) is 9.59 Å². The van der Waals surface area contributed by atoms with E-state index in [1.165, 1.54) is 10.5 Å². The SMILES string of the molecule is CC1=CC[C@@H]2C(=O)N(c3cc(Cl)cc(Cl)c3)C(=O)[C@H]2C1. The van der Waals surface area contributed by atoms with E-state index in [2.05, 4.69) is 0 Å². The van der Waals surface area contributed by atoms with Crippen LogP contribution in [-0.4, -0.2) is 11.8 Å². The van der Waals surface area contributed by atoms with Crippen molar-refractivity contribution in [2.75, 3.05) is 4.90 Å². The second-order valence-electron chi connectivity index (χ2n) is 5.34. The van der Waals surface area contributed by atoms with Gasteiger partial charge in [-0.2, -0.15) is 0 Å². The van der Waals surface area contributed by atoms with Gasteiger partial charge in [0, 0.05) is 10.0 Å². The zero-order chi connectivity index (χ0) is 14.4. The number of halogens is 2. The Morgan fingerprint density at radius 2 is 1.65 bits per heavy atom. The zero-order valence-electron chi connectivity index (χ0n) is 10.9. The summed E-state index contributed by atoms with van der Waals surface area (Å²) in [6.07, 6.45) is 3.33. The van der Waals surface area contributed by atoms with Gasteiger partial charge in [-0.05, 0) is 38.0 Å². The Labute approximate surface area is 127 Å². The number of allylic oxidation sites excluding steroid dienone is 2. The van der Waals surface area contributed by atoms with Gasteiger partial charge >= 0.3 is 0 Å². The summed E-state index contributed by atoms with van der Waals surface area (Å²) in [4.78, 5) is 26.2. The lowest BCUT2D eigenvalue weighted by molar-refractivity contribution is -0.122. The summed E-state index contributed by atoms with van der Waals surface area (Å²) in [5.74, 6) is -0.790. The van der Waals surface area contributed by atoms with Gasteiger partial charge < -0.3 is 0 Å². The summed E-state index contributed by atoms with van der Waals surface area (Å²) < 4.78 is 0. The maximum atomic E-state index is 12.5. The number of anilines is 1. The monoisotopic (exact) mass is 309 g/mol. The van der Waals surface area contributed by atoms with Crippen LogP contribution in [0.25, 0.3) is 0 Å². The minimum atomic E-state index is -0.246. The number of carbonyl (C=O) groups is 2. The number of hydrogen-bond acceptors (Lipinski definition) is 2. The Morgan fingerprint density at radius 1 is 1.05 bits per heavy atom. The zero-order valence-corrected chi connectivity index (χ0v) is 12.4. The second-order valence-corrected chi connectivity index (χ2v) is 6.22. The molecule has 1 aromatic rings. The van der Waals surface area contributed by atoms with Gasteiger partial charge in [-0.25, -0.2) is 4.90 Å². The third kappa shape index (κ3) is 2.15. The molecule has 2 amide bonds. The van der Waals surface area contributed by atoms with Gasteiger partial charge in [-0.1, -0.05) is 34.9 Å². The van der Waals surface area contributed by atoms with Crippen LogP contribution in [0.3, 0.4) is 0 Å². The molecule has 3 nitrogen and oxygen atoms in total. The summed E-state index contributed by atoms with van der Waals surface area (Å²) >= 11 is 11.9. The standard InChI is InChI=1S/C15H13Cl2NO2/c1-8-2-3-12-13(4-8)15(20)18(14(12)19)11-6-9(16)5-10(17)7-11/h2,5-7,12-13H,3-4H2,1H3/t12-,13-/m0/s1. The Morgan fingerprint density at radius 3 is 2.30 bits per heavy atom. The topological polar surface area (TPSA) is 37.4 Å². The summed E-state index contributed by atoms with van der Waals surface area (Å²) in [5, 5.41) is 0.828. The Balaban J connectivity index is 2.00. The summed E-state index contributed by atoms with van der Waals surface area (Å²) in [6.45, 7) is 1.99. The first-order valence-electron chi connectivity index (χ1n) is 6.47. The Hall–Kier alpha value is -1.32. The van der Waals surface area contributed by atoms with Crippen molar-refractivity contribution in [3.63, 3.8) is 0 Å². The van der Waals surface area contributed by atoms with E-state index in [1.54, 1.807) is 18.2 Å². The number of hydrogen-bond donors (Lipinski definition) is 0. The lowest BCUT2D eigenvalue weighted by Gasteiger charge is -2.18.